The Bertz CT molecular complexity index is 148. The van der Waals surface area contributed by atoms with Gasteiger partial charge in [-0.3, -0.25) is 4.79 Å². The molecule has 0 aromatic rings. The number of thioether (sulfide) groups is 1. The molecular weight excluding hydrogens is 182 g/mol. The fourth-order valence-electron chi connectivity index (χ4n) is 0.723. The third kappa shape index (κ3) is 6.58. The Morgan fingerprint density at radius 1 is 1.50 bits per heavy atom. The Morgan fingerprint density at radius 2 is 2.08 bits per heavy atom. The smallest absolute Gasteiger partial charge is 0.247 e. The predicted molar refractivity (Wildman–Crippen MR) is 47.6 cm³/mol. The van der Waals surface area contributed by atoms with Crippen LogP contribution in [0.1, 0.15) is 33.1 Å². The molecule has 0 rings (SSSR count). The molecule has 0 aliphatic heterocycles. The van der Waals surface area contributed by atoms with E-state index in [0.29, 0.717) is 12.2 Å². The molecule has 0 atom stereocenters. The van der Waals surface area contributed by atoms with Gasteiger partial charge >= 0.3 is 0 Å². The van der Waals surface area contributed by atoms with Crippen molar-refractivity contribution in [1.29, 1.82) is 0 Å². The number of halogens is 2. The average molecular weight is 196 g/mol. The largest absolute Gasteiger partial charge is 0.288 e. The first-order valence-corrected chi connectivity index (χ1v) is 4.97. The Hall–Kier alpha value is -0.120. The SMILES string of the molecule is CCC(F)(F)CCCSC(C)=O. The van der Waals surface area contributed by atoms with Crippen molar-refractivity contribution in [2.75, 3.05) is 5.75 Å². The topological polar surface area (TPSA) is 17.1 Å². The van der Waals surface area contributed by atoms with E-state index in [0.717, 1.165) is 11.8 Å². The lowest BCUT2D eigenvalue weighted by Gasteiger charge is -2.12. The minimum absolute atomic E-state index is 0.00480. The Labute approximate surface area is 75.9 Å². The molecule has 0 fully saturated rings. The third-order valence-electron chi connectivity index (χ3n) is 1.51. The zero-order chi connectivity index (χ0) is 9.61. The van der Waals surface area contributed by atoms with Crippen LogP contribution < -0.4 is 0 Å². The van der Waals surface area contributed by atoms with E-state index in [1.807, 2.05) is 0 Å². The molecule has 0 unspecified atom stereocenters. The molecule has 0 amide bonds. The number of rotatable bonds is 5. The van der Waals surface area contributed by atoms with Gasteiger partial charge in [0.1, 0.15) is 0 Å². The summed E-state index contributed by atoms with van der Waals surface area (Å²) in [6.45, 7) is 2.92. The predicted octanol–water partition coefficient (Wildman–Crippen LogP) is 3.09. The number of carbonyl (C=O) groups is 1. The summed E-state index contributed by atoms with van der Waals surface area (Å²) in [7, 11) is 0. The van der Waals surface area contributed by atoms with E-state index in [-0.39, 0.29) is 18.0 Å². The van der Waals surface area contributed by atoms with E-state index in [1.165, 1.54) is 13.8 Å². The number of hydrogen-bond acceptors (Lipinski definition) is 2. The molecule has 0 saturated carbocycles. The van der Waals surface area contributed by atoms with Gasteiger partial charge in [0.25, 0.3) is 0 Å². The van der Waals surface area contributed by atoms with Crippen LogP contribution in [0.15, 0.2) is 0 Å². The van der Waals surface area contributed by atoms with E-state index >= 15 is 0 Å². The Balaban J connectivity index is 3.37. The molecule has 0 N–H and O–H groups in total. The van der Waals surface area contributed by atoms with Crippen LogP contribution >= 0.6 is 11.8 Å². The van der Waals surface area contributed by atoms with Gasteiger partial charge in [0, 0.05) is 25.5 Å². The molecule has 0 radical (unpaired) electrons. The second-order valence-electron chi connectivity index (χ2n) is 2.65. The molecule has 0 aliphatic carbocycles. The van der Waals surface area contributed by atoms with Crippen molar-refractivity contribution < 1.29 is 13.6 Å². The zero-order valence-corrected chi connectivity index (χ0v) is 8.22. The Kier molecular flexibility index (Phi) is 5.46. The summed E-state index contributed by atoms with van der Waals surface area (Å²) in [6.07, 6.45) is 0.187. The van der Waals surface area contributed by atoms with E-state index in [2.05, 4.69) is 0 Å². The van der Waals surface area contributed by atoms with Crippen LogP contribution in [-0.2, 0) is 4.79 Å². The maximum atomic E-state index is 12.6. The molecule has 0 saturated heterocycles. The molecule has 0 heterocycles. The molecule has 4 heteroatoms. The lowest BCUT2D eigenvalue weighted by atomic mass is 10.1. The van der Waals surface area contributed by atoms with Crippen LogP contribution in [0.4, 0.5) is 8.78 Å². The van der Waals surface area contributed by atoms with Crippen LogP contribution in [0, 0.1) is 0 Å². The normalized spacial score (nSPS) is 11.7. The maximum absolute atomic E-state index is 12.6. The van der Waals surface area contributed by atoms with Gasteiger partial charge in [-0.25, -0.2) is 8.78 Å². The lowest BCUT2D eigenvalue weighted by molar-refractivity contribution is -0.109. The van der Waals surface area contributed by atoms with Crippen molar-refractivity contribution in [1.82, 2.24) is 0 Å². The molecular formula is C8H14F2OS. The van der Waals surface area contributed by atoms with E-state index in [4.69, 9.17) is 0 Å². The van der Waals surface area contributed by atoms with Crippen molar-refractivity contribution in [3.05, 3.63) is 0 Å². The second kappa shape index (κ2) is 5.51. The summed E-state index contributed by atoms with van der Waals surface area (Å²) in [5.41, 5.74) is 0. The van der Waals surface area contributed by atoms with Gasteiger partial charge in [-0.2, -0.15) is 0 Å². The van der Waals surface area contributed by atoms with Crippen molar-refractivity contribution in [2.24, 2.45) is 0 Å². The van der Waals surface area contributed by atoms with Gasteiger partial charge in [-0.1, -0.05) is 18.7 Å². The summed E-state index contributed by atoms with van der Waals surface area (Å²) in [5, 5.41) is -0.00480. The van der Waals surface area contributed by atoms with Crippen molar-refractivity contribution in [3.8, 4) is 0 Å². The standard InChI is InChI=1S/C8H14F2OS/c1-3-8(9,10)5-4-6-12-7(2)11/h3-6H2,1-2H3. The first-order valence-electron chi connectivity index (χ1n) is 3.99. The zero-order valence-electron chi connectivity index (χ0n) is 7.40. The lowest BCUT2D eigenvalue weighted by Crippen LogP contribution is -2.14. The number of alkyl halides is 2. The fourth-order valence-corrected chi connectivity index (χ4v) is 1.30. The third-order valence-corrected chi connectivity index (χ3v) is 2.41. The van der Waals surface area contributed by atoms with Crippen molar-refractivity contribution in [2.45, 2.75) is 39.0 Å². The highest BCUT2D eigenvalue weighted by Gasteiger charge is 2.24. The van der Waals surface area contributed by atoms with Crippen LogP contribution in [0.5, 0.6) is 0 Å². The van der Waals surface area contributed by atoms with Gasteiger partial charge in [-0.15, -0.1) is 0 Å². The molecule has 1 nitrogen and oxygen atoms in total. The number of carbonyl (C=O) groups excluding carboxylic acids is 1. The van der Waals surface area contributed by atoms with Crippen LogP contribution in [-0.4, -0.2) is 16.8 Å². The van der Waals surface area contributed by atoms with E-state index in [1.54, 1.807) is 0 Å². The quantitative estimate of drug-likeness (QED) is 0.628. The van der Waals surface area contributed by atoms with Crippen LogP contribution in [0.3, 0.4) is 0 Å². The van der Waals surface area contributed by atoms with Gasteiger partial charge in [0.15, 0.2) is 5.12 Å². The van der Waals surface area contributed by atoms with E-state index in [9.17, 15) is 13.6 Å². The molecule has 0 spiro atoms. The summed E-state index contributed by atoms with van der Waals surface area (Å²) in [6, 6.07) is 0. The number of hydrogen-bond donors (Lipinski definition) is 0. The first-order chi connectivity index (χ1) is 5.48. The summed E-state index contributed by atoms with van der Waals surface area (Å²) >= 11 is 1.11. The molecule has 0 aromatic carbocycles. The summed E-state index contributed by atoms with van der Waals surface area (Å²) in [4.78, 5) is 10.4. The average Bonchev–Trinajstić information content (AvgIpc) is 1.98. The molecule has 12 heavy (non-hydrogen) atoms. The summed E-state index contributed by atoms with van der Waals surface area (Å²) < 4.78 is 25.2. The van der Waals surface area contributed by atoms with Crippen LogP contribution in [0.25, 0.3) is 0 Å². The molecule has 0 aliphatic rings. The summed E-state index contributed by atoms with van der Waals surface area (Å²) in [5.74, 6) is -2.04. The van der Waals surface area contributed by atoms with E-state index < -0.39 is 5.92 Å². The molecule has 72 valence electrons. The van der Waals surface area contributed by atoms with Gasteiger partial charge in [-0.05, 0) is 6.42 Å². The van der Waals surface area contributed by atoms with Crippen molar-refractivity contribution in [3.63, 3.8) is 0 Å². The van der Waals surface area contributed by atoms with Crippen LogP contribution in [0.2, 0.25) is 0 Å². The highest BCUT2D eigenvalue weighted by molar-refractivity contribution is 8.13. The van der Waals surface area contributed by atoms with Gasteiger partial charge in [0.05, 0.1) is 0 Å². The highest BCUT2D eigenvalue weighted by Crippen LogP contribution is 2.24. The molecule has 0 bridgehead atoms. The Morgan fingerprint density at radius 3 is 2.50 bits per heavy atom. The fraction of sp³-hybridized carbons (Fsp3) is 0.875. The maximum Gasteiger partial charge on any atom is 0.247 e. The van der Waals surface area contributed by atoms with Crippen molar-refractivity contribution >= 4 is 16.9 Å². The first kappa shape index (κ1) is 11.9. The van der Waals surface area contributed by atoms with Gasteiger partial charge < -0.3 is 0 Å². The minimum Gasteiger partial charge on any atom is -0.288 e. The minimum atomic E-state index is -2.54. The monoisotopic (exact) mass is 196 g/mol. The second-order valence-corrected chi connectivity index (χ2v) is 3.92. The van der Waals surface area contributed by atoms with Gasteiger partial charge in [0.2, 0.25) is 5.92 Å². The molecule has 0 aromatic heterocycles. The highest BCUT2D eigenvalue weighted by atomic mass is 32.2.